The van der Waals surface area contributed by atoms with Crippen LogP contribution in [0, 0.1) is 0 Å². The van der Waals surface area contributed by atoms with Crippen LogP contribution in [0.3, 0.4) is 0 Å². The SMILES string of the molecule is [B]C1C2CC3OC(CC1P3)O2. The lowest BCUT2D eigenvalue weighted by Gasteiger charge is -2.53. The molecule has 2 nitrogen and oxygen atoms in total. The Labute approximate surface area is 69.2 Å². The van der Waals surface area contributed by atoms with Crippen molar-refractivity contribution < 1.29 is 9.47 Å². The Hall–Kier alpha value is 0.415. The van der Waals surface area contributed by atoms with E-state index in [1.54, 1.807) is 0 Å². The van der Waals surface area contributed by atoms with Crippen LogP contribution < -0.4 is 0 Å². The van der Waals surface area contributed by atoms with Gasteiger partial charge in [0.2, 0.25) is 0 Å². The molecule has 4 rings (SSSR count). The van der Waals surface area contributed by atoms with E-state index in [9.17, 15) is 0 Å². The lowest BCUT2D eigenvalue weighted by molar-refractivity contribution is -0.249. The maximum atomic E-state index is 5.99. The molecule has 0 spiro atoms. The first-order valence-electron chi connectivity index (χ1n) is 4.15. The van der Waals surface area contributed by atoms with E-state index in [0.717, 1.165) is 21.4 Å². The van der Waals surface area contributed by atoms with Gasteiger partial charge in [0, 0.05) is 12.8 Å². The van der Waals surface area contributed by atoms with Gasteiger partial charge in [-0.15, -0.1) is 0 Å². The molecule has 4 aliphatic rings. The molecular weight excluding hydrogens is 158 g/mol. The van der Waals surface area contributed by atoms with E-state index < -0.39 is 0 Å². The Kier molecular flexibility index (Phi) is 1.39. The second-order valence-corrected chi connectivity index (χ2v) is 5.27. The highest BCUT2D eigenvalue weighted by Gasteiger charge is 2.47. The molecule has 0 saturated carbocycles. The molecule has 2 radical (unpaired) electrons. The molecular formula is C7H10BO2P. The van der Waals surface area contributed by atoms with Crippen molar-refractivity contribution >= 4 is 16.4 Å². The zero-order valence-corrected chi connectivity index (χ0v) is 7.19. The van der Waals surface area contributed by atoms with Gasteiger partial charge in [-0.05, 0) is 11.5 Å². The molecule has 4 heterocycles. The zero-order chi connectivity index (χ0) is 7.42. The summed E-state index contributed by atoms with van der Waals surface area (Å²) in [6, 6.07) is 0. The first-order valence-corrected chi connectivity index (χ1v) is 5.31. The number of hydrogen-bond acceptors (Lipinski definition) is 2. The van der Waals surface area contributed by atoms with Gasteiger partial charge >= 0.3 is 0 Å². The van der Waals surface area contributed by atoms with E-state index in [2.05, 4.69) is 0 Å². The fourth-order valence-electron chi connectivity index (χ4n) is 2.24. The third-order valence-electron chi connectivity index (χ3n) is 2.83. The van der Waals surface area contributed by atoms with Gasteiger partial charge in [0.1, 0.15) is 0 Å². The first kappa shape index (κ1) is 6.88. The monoisotopic (exact) mass is 168 g/mol. The van der Waals surface area contributed by atoms with Gasteiger partial charge in [0.05, 0.1) is 19.8 Å². The van der Waals surface area contributed by atoms with Crippen LogP contribution in [0.25, 0.3) is 0 Å². The Morgan fingerprint density at radius 2 is 2.18 bits per heavy atom. The van der Waals surface area contributed by atoms with E-state index in [1.165, 1.54) is 0 Å². The predicted molar refractivity (Wildman–Crippen MR) is 44.4 cm³/mol. The van der Waals surface area contributed by atoms with Crippen molar-refractivity contribution in [2.75, 3.05) is 0 Å². The van der Waals surface area contributed by atoms with Gasteiger partial charge in [-0.3, -0.25) is 0 Å². The quantitative estimate of drug-likeness (QED) is 0.394. The fourth-order valence-corrected chi connectivity index (χ4v) is 4.08. The predicted octanol–water partition coefficient (Wildman–Crippen LogP) is 0.865. The highest BCUT2D eigenvalue weighted by Crippen LogP contribution is 2.54. The van der Waals surface area contributed by atoms with Crippen LogP contribution in [0.4, 0.5) is 0 Å². The Bertz CT molecular complexity index is 159. The van der Waals surface area contributed by atoms with Crippen molar-refractivity contribution in [2.24, 2.45) is 0 Å². The number of rotatable bonds is 0. The molecule has 6 unspecified atom stereocenters. The summed E-state index contributed by atoms with van der Waals surface area (Å²) in [5, 5.41) is 0. The van der Waals surface area contributed by atoms with Crippen molar-refractivity contribution in [2.45, 2.75) is 42.6 Å². The maximum Gasteiger partial charge on any atom is 0.159 e. The minimum atomic E-state index is 0.0878. The zero-order valence-electron chi connectivity index (χ0n) is 6.19. The van der Waals surface area contributed by atoms with Crippen LogP contribution in [-0.2, 0) is 9.47 Å². The number of ether oxygens (including phenoxy) is 2. The molecule has 0 aliphatic carbocycles. The van der Waals surface area contributed by atoms with E-state index in [-0.39, 0.29) is 6.29 Å². The highest BCUT2D eigenvalue weighted by atomic mass is 31.1. The highest BCUT2D eigenvalue weighted by molar-refractivity contribution is 7.40. The molecule has 0 aromatic carbocycles. The summed E-state index contributed by atoms with van der Waals surface area (Å²) in [6.07, 6.45) is 2.46. The average molecular weight is 168 g/mol. The van der Waals surface area contributed by atoms with E-state index in [4.69, 9.17) is 17.3 Å². The summed E-state index contributed by atoms with van der Waals surface area (Å²) < 4.78 is 11.2. The van der Waals surface area contributed by atoms with E-state index in [1.807, 2.05) is 0 Å². The maximum absolute atomic E-state index is 5.99. The summed E-state index contributed by atoms with van der Waals surface area (Å²) in [5.41, 5.74) is 0.700. The molecule has 4 saturated heterocycles. The van der Waals surface area contributed by atoms with Gasteiger partial charge in [0.25, 0.3) is 0 Å². The standard InChI is InChI=1S/C7H10BO2P/c8-7-3-1-6-10-5(9-3)2-4(7)11-6/h3-7,11H,1-2H2. The van der Waals surface area contributed by atoms with Crippen molar-refractivity contribution in [1.82, 2.24) is 0 Å². The van der Waals surface area contributed by atoms with Crippen LogP contribution in [0.5, 0.6) is 0 Å². The lowest BCUT2D eigenvalue weighted by Crippen LogP contribution is -2.52. The van der Waals surface area contributed by atoms with Crippen LogP contribution in [0.1, 0.15) is 12.8 Å². The summed E-state index contributed by atoms with van der Waals surface area (Å²) in [5.74, 6) is 0.780. The summed E-state index contributed by atoms with van der Waals surface area (Å²) >= 11 is 0. The van der Waals surface area contributed by atoms with Crippen molar-refractivity contribution in [3.05, 3.63) is 0 Å². The summed E-state index contributed by atoms with van der Waals surface area (Å²) in [6.45, 7) is 0. The largest absolute Gasteiger partial charge is 0.350 e. The molecule has 4 fully saturated rings. The molecule has 0 aromatic heterocycles. The second-order valence-electron chi connectivity index (χ2n) is 3.55. The minimum Gasteiger partial charge on any atom is -0.350 e. The summed E-state index contributed by atoms with van der Waals surface area (Å²) in [7, 11) is 6.92. The minimum absolute atomic E-state index is 0.0878. The fraction of sp³-hybridized carbons (Fsp3) is 1.00. The van der Waals surface area contributed by atoms with Gasteiger partial charge in [-0.1, -0.05) is 8.58 Å². The van der Waals surface area contributed by atoms with Crippen LogP contribution in [-0.4, -0.2) is 31.7 Å². The smallest absolute Gasteiger partial charge is 0.159 e. The van der Waals surface area contributed by atoms with Gasteiger partial charge in [-0.2, -0.15) is 0 Å². The first-order chi connectivity index (χ1) is 5.33. The molecule has 0 aromatic rings. The molecule has 6 atom stereocenters. The topological polar surface area (TPSA) is 18.5 Å². The van der Waals surface area contributed by atoms with Gasteiger partial charge < -0.3 is 9.47 Å². The Morgan fingerprint density at radius 3 is 2.91 bits per heavy atom. The van der Waals surface area contributed by atoms with E-state index >= 15 is 0 Å². The van der Waals surface area contributed by atoms with Crippen LogP contribution in [0.15, 0.2) is 0 Å². The van der Waals surface area contributed by atoms with Crippen LogP contribution >= 0.6 is 8.58 Å². The average Bonchev–Trinajstić information content (AvgIpc) is 1.98. The van der Waals surface area contributed by atoms with Gasteiger partial charge in [-0.25, -0.2) is 0 Å². The second kappa shape index (κ2) is 2.22. The van der Waals surface area contributed by atoms with Crippen molar-refractivity contribution in [3.63, 3.8) is 0 Å². The third-order valence-corrected chi connectivity index (χ3v) is 4.62. The molecule has 4 aliphatic heterocycles. The van der Waals surface area contributed by atoms with Crippen molar-refractivity contribution in [3.8, 4) is 0 Å². The van der Waals surface area contributed by atoms with E-state index in [0.29, 0.717) is 23.4 Å². The molecule has 4 bridgehead atoms. The normalized spacial score (nSPS) is 62.4. The Balaban J connectivity index is 1.91. The Morgan fingerprint density at radius 1 is 1.27 bits per heavy atom. The lowest BCUT2D eigenvalue weighted by atomic mass is 9.75. The van der Waals surface area contributed by atoms with Gasteiger partial charge in [0.15, 0.2) is 6.29 Å². The van der Waals surface area contributed by atoms with Crippen LogP contribution in [0.2, 0.25) is 5.82 Å². The summed E-state index contributed by atoms with van der Waals surface area (Å²) in [4.78, 5) is 0. The molecule has 0 amide bonds. The molecule has 11 heavy (non-hydrogen) atoms. The number of hydrogen-bond donors (Lipinski definition) is 0. The molecule has 0 N–H and O–H groups in total. The molecule has 4 heteroatoms. The van der Waals surface area contributed by atoms with Crippen molar-refractivity contribution in [1.29, 1.82) is 0 Å². The third kappa shape index (κ3) is 0.913. The molecule has 58 valence electrons.